The zero-order chi connectivity index (χ0) is 14.5. The molecule has 1 aromatic heterocycles. The molecule has 1 N–H and O–H groups in total. The summed E-state index contributed by atoms with van der Waals surface area (Å²) in [6.45, 7) is 1.94. The maximum Gasteiger partial charge on any atom is 0.183 e. The molecule has 1 unspecified atom stereocenters. The van der Waals surface area contributed by atoms with E-state index in [1.54, 1.807) is 10.9 Å². The van der Waals surface area contributed by atoms with E-state index >= 15 is 0 Å². The molecule has 1 heterocycles. The number of Topliss-reactive ketones (excluding diaryl/α,β-unsaturated/α-hetero) is 1. The van der Waals surface area contributed by atoms with Gasteiger partial charge in [-0.05, 0) is 12.1 Å². The summed E-state index contributed by atoms with van der Waals surface area (Å²) in [5.41, 5.74) is 1.10. The van der Waals surface area contributed by atoms with Crippen molar-refractivity contribution < 1.29 is 9.00 Å². The highest BCUT2D eigenvalue weighted by Crippen LogP contribution is 2.18. The van der Waals surface area contributed by atoms with E-state index in [2.05, 4.69) is 15.6 Å². The van der Waals surface area contributed by atoms with Crippen molar-refractivity contribution in [2.45, 2.75) is 6.92 Å². The molecule has 2 rings (SSSR count). The average molecular weight is 292 g/mol. The lowest BCUT2D eigenvalue weighted by molar-refractivity contribution is 0.101. The third-order valence-electron chi connectivity index (χ3n) is 2.69. The fourth-order valence-electron chi connectivity index (χ4n) is 1.74. The molecule has 20 heavy (non-hydrogen) atoms. The van der Waals surface area contributed by atoms with Crippen LogP contribution in [0.2, 0.25) is 0 Å². The van der Waals surface area contributed by atoms with Gasteiger partial charge in [-0.15, -0.1) is 5.10 Å². The van der Waals surface area contributed by atoms with Gasteiger partial charge >= 0.3 is 0 Å². The topological polar surface area (TPSA) is 76.9 Å². The smallest absolute Gasteiger partial charge is 0.183 e. The van der Waals surface area contributed by atoms with Gasteiger partial charge < -0.3 is 5.32 Å². The number of hydrogen-bond acceptors (Lipinski definition) is 5. The van der Waals surface area contributed by atoms with Gasteiger partial charge in [-0.3, -0.25) is 9.00 Å². The summed E-state index contributed by atoms with van der Waals surface area (Å²) in [6, 6.07) is 9.42. The molecule has 7 heteroatoms. The third-order valence-corrected chi connectivity index (χ3v) is 3.47. The largest absolute Gasteiger partial charge is 0.367 e. The van der Waals surface area contributed by atoms with Crippen LogP contribution in [0.1, 0.15) is 17.4 Å². The Kier molecular flexibility index (Phi) is 4.62. The fraction of sp³-hybridized carbons (Fsp3) is 0.308. The van der Waals surface area contributed by atoms with E-state index in [1.807, 2.05) is 30.3 Å². The summed E-state index contributed by atoms with van der Waals surface area (Å²) < 4.78 is 12.7. The molecular formula is C13H16N4O2S. The number of ketones is 1. The number of hydrogen-bond donors (Lipinski definition) is 1. The number of nitrogens with zero attached hydrogens (tertiary/aromatic N) is 3. The van der Waals surface area contributed by atoms with Crippen LogP contribution in [-0.2, 0) is 10.8 Å². The molecule has 0 radical (unpaired) electrons. The second-order valence-corrected chi connectivity index (χ2v) is 5.85. The summed E-state index contributed by atoms with van der Waals surface area (Å²) in [6.07, 6.45) is 1.64. The first-order valence-corrected chi connectivity index (χ1v) is 7.88. The Morgan fingerprint density at radius 1 is 1.35 bits per heavy atom. The number of aromatic nitrogens is 3. The molecule has 0 aliphatic rings. The van der Waals surface area contributed by atoms with Crippen LogP contribution in [0.25, 0.3) is 5.69 Å². The monoisotopic (exact) mass is 292 g/mol. The molecule has 106 valence electrons. The normalized spacial score (nSPS) is 12.1. The zero-order valence-corrected chi connectivity index (χ0v) is 12.2. The minimum Gasteiger partial charge on any atom is -0.367 e. The highest BCUT2D eigenvalue weighted by molar-refractivity contribution is 7.84. The molecule has 0 saturated heterocycles. The second kappa shape index (κ2) is 6.42. The van der Waals surface area contributed by atoms with Gasteiger partial charge in [-0.25, -0.2) is 0 Å². The molecule has 0 saturated carbocycles. The average Bonchev–Trinajstić information content (AvgIpc) is 2.83. The van der Waals surface area contributed by atoms with Gasteiger partial charge in [0.2, 0.25) is 0 Å². The van der Waals surface area contributed by atoms with Crippen molar-refractivity contribution in [1.29, 1.82) is 0 Å². The van der Waals surface area contributed by atoms with Gasteiger partial charge in [0.25, 0.3) is 0 Å². The van der Waals surface area contributed by atoms with Crippen molar-refractivity contribution in [2.75, 3.05) is 23.9 Å². The molecule has 1 aromatic carbocycles. The van der Waals surface area contributed by atoms with E-state index in [4.69, 9.17) is 0 Å². The molecule has 6 nitrogen and oxygen atoms in total. The highest BCUT2D eigenvalue weighted by atomic mass is 32.2. The van der Waals surface area contributed by atoms with Crippen molar-refractivity contribution in [3.8, 4) is 5.69 Å². The van der Waals surface area contributed by atoms with Crippen LogP contribution in [-0.4, -0.2) is 43.5 Å². The van der Waals surface area contributed by atoms with Gasteiger partial charge in [-0.2, -0.15) is 4.68 Å². The molecular weight excluding hydrogens is 276 g/mol. The number of rotatable bonds is 6. The van der Waals surface area contributed by atoms with E-state index in [0.717, 1.165) is 5.69 Å². The van der Waals surface area contributed by atoms with Gasteiger partial charge in [0, 0.05) is 36.3 Å². The maximum absolute atomic E-state index is 11.6. The Labute approximate surface area is 119 Å². The zero-order valence-electron chi connectivity index (χ0n) is 11.4. The van der Waals surface area contributed by atoms with E-state index in [0.29, 0.717) is 18.1 Å². The number of benzene rings is 1. The summed E-state index contributed by atoms with van der Waals surface area (Å²) in [5, 5.41) is 11.0. The molecule has 0 fully saturated rings. The van der Waals surface area contributed by atoms with Crippen LogP contribution in [0.4, 0.5) is 5.82 Å². The lowest BCUT2D eigenvalue weighted by atomic mass is 10.3. The van der Waals surface area contributed by atoms with E-state index in [9.17, 15) is 9.00 Å². The van der Waals surface area contributed by atoms with Gasteiger partial charge in [0.05, 0.1) is 5.69 Å². The van der Waals surface area contributed by atoms with Crippen molar-refractivity contribution >= 4 is 22.4 Å². The fourth-order valence-corrected chi connectivity index (χ4v) is 2.13. The quantitative estimate of drug-likeness (QED) is 0.811. The first-order chi connectivity index (χ1) is 9.59. The molecule has 0 aliphatic heterocycles. The van der Waals surface area contributed by atoms with Crippen molar-refractivity contribution in [1.82, 2.24) is 15.0 Å². The summed E-state index contributed by atoms with van der Waals surface area (Å²) in [5.74, 6) is 0.874. The minimum absolute atomic E-state index is 0.160. The second-order valence-electron chi connectivity index (χ2n) is 4.29. The first kappa shape index (κ1) is 14.4. The Balaban J connectivity index is 2.32. The van der Waals surface area contributed by atoms with Crippen LogP contribution in [0.5, 0.6) is 0 Å². The summed E-state index contributed by atoms with van der Waals surface area (Å²) in [7, 11) is -0.893. The third kappa shape index (κ3) is 3.30. The van der Waals surface area contributed by atoms with Crippen LogP contribution in [0, 0.1) is 0 Å². The van der Waals surface area contributed by atoms with E-state index < -0.39 is 10.8 Å². The number of nitrogens with one attached hydrogen (secondary N) is 1. The van der Waals surface area contributed by atoms with Crippen LogP contribution in [0.15, 0.2) is 30.3 Å². The Morgan fingerprint density at radius 3 is 2.65 bits per heavy atom. The van der Waals surface area contributed by atoms with E-state index in [1.165, 1.54) is 6.92 Å². The predicted octanol–water partition coefficient (Wildman–Crippen LogP) is 1.26. The molecule has 0 aliphatic carbocycles. The molecule has 0 bridgehead atoms. The Bertz CT molecular complexity index is 625. The van der Waals surface area contributed by atoms with Crippen molar-refractivity contribution in [3.63, 3.8) is 0 Å². The highest BCUT2D eigenvalue weighted by Gasteiger charge is 2.17. The predicted molar refractivity (Wildman–Crippen MR) is 78.8 cm³/mol. The Hall–Kier alpha value is -2.02. The van der Waals surface area contributed by atoms with Crippen molar-refractivity contribution in [2.24, 2.45) is 0 Å². The lowest BCUT2D eigenvalue weighted by Gasteiger charge is -2.09. The maximum atomic E-state index is 11.6. The molecule has 1 atom stereocenters. The Morgan fingerprint density at radius 2 is 2.05 bits per heavy atom. The van der Waals surface area contributed by atoms with Crippen LogP contribution in [0.3, 0.4) is 0 Å². The standard InChI is InChI=1S/C13H16N4O2S/c1-10(18)12-13(14-8-9-20(2)19)17(16-15-12)11-6-4-3-5-7-11/h3-7,14H,8-9H2,1-2H3. The van der Waals surface area contributed by atoms with Crippen LogP contribution >= 0.6 is 0 Å². The number of para-hydroxylation sites is 1. The molecule has 0 spiro atoms. The van der Waals surface area contributed by atoms with Gasteiger partial charge in [-0.1, -0.05) is 23.4 Å². The summed E-state index contributed by atoms with van der Waals surface area (Å²) >= 11 is 0. The van der Waals surface area contributed by atoms with Gasteiger partial charge in [0.15, 0.2) is 17.3 Å². The molecule has 0 amide bonds. The van der Waals surface area contributed by atoms with Crippen LogP contribution < -0.4 is 5.32 Å². The van der Waals surface area contributed by atoms with E-state index in [-0.39, 0.29) is 11.5 Å². The summed E-state index contributed by atoms with van der Waals surface area (Å²) in [4.78, 5) is 11.6. The molecule has 2 aromatic rings. The number of carbonyl (C=O) groups excluding carboxylic acids is 1. The number of anilines is 1. The first-order valence-electron chi connectivity index (χ1n) is 6.15. The van der Waals surface area contributed by atoms with Gasteiger partial charge in [0.1, 0.15) is 0 Å². The van der Waals surface area contributed by atoms with Crippen molar-refractivity contribution in [3.05, 3.63) is 36.0 Å². The minimum atomic E-state index is -0.893. The SMILES string of the molecule is CC(=O)c1nnn(-c2ccccc2)c1NCCS(C)=O. The number of carbonyl (C=O) groups is 1. The lowest BCUT2D eigenvalue weighted by Crippen LogP contribution is -2.15.